The average Bonchev–Trinajstić information content (AvgIpc) is 3.18. The van der Waals surface area contributed by atoms with Crippen LogP contribution in [0.2, 0.25) is 0 Å². The number of carboxylic acid groups (broad SMARTS) is 1. The largest absolute Gasteiger partial charge is 0.481 e. The molecule has 0 radical (unpaired) electrons. The van der Waals surface area contributed by atoms with Crippen LogP contribution in [0.5, 0.6) is 0 Å². The van der Waals surface area contributed by atoms with E-state index in [2.05, 4.69) is 10.3 Å². The molecule has 2 saturated carbocycles. The molecular formula is C16H15FN2O3S. The maximum atomic E-state index is 13.2. The number of hydrogen-bond donors (Lipinski definition) is 2. The normalized spacial score (nSPS) is 29.1. The molecule has 2 N–H and O–H groups in total. The topological polar surface area (TPSA) is 79.3 Å². The van der Waals surface area contributed by atoms with Crippen molar-refractivity contribution < 1.29 is 19.1 Å². The first-order valence-corrected chi connectivity index (χ1v) is 8.44. The number of carbonyl (C=O) groups is 2. The lowest BCUT2D eigenvalue weighted by Gasteiger charge is -2.26. The number of thiazole rings is 1. The standard InChI is InChI=1S/C16H15FN2O3S/c17-9-3-4-10-11(6-9)23-16(18-10)19-14(20)12-7-1-2-8(5-7)13(12)15(21)22/h3-4,6-8,12-13H,1-2,5H2,(H,21,22)(H,18,19,20)/t7-,8-,12+,13+/m0/s1. The van der Waals surface area contributed by atoms with Crippen LogP contribution < -0.4 is 5.32 Å². The fourth-order valence-corrected chi connectivity index (χ4v) is 5.06. The fraction of sp³-hybridized carbons (Fsp3) is 0.438. The van der Waals surface area contributed by atoms with Gasteiger partial charge in [0.25, 0.3) is 0 Å². The number of rotatable bonds is 3. The first-order valence-electron chi connectivity index (χ1n) is 7.62. The Morgan fingerprint density at radius 1 is 1.26 bits per heavy atom. The number of amides is 1. The Labute approximate surface area is 135 Å². The minimum Gasteiger partial charge on any atom is -0.481 e. The molecule has 4 atom stereocenters. The van der Waals surface area contributed by atoms with Crippen LogP contribution in [0, 0.1) is 29.5 Å². The molecule has 2 aliphatic rings. The summed E-state index contributed by atoms with van der Waals surface area (Å²) in [6.07, 6.45) is 2.63. The van der Waals surface area contributed by atoms with Crippen LogP contribution in [-0.4, -0.2) is 22.0 Å². The maximum absolute atomic E-state index is 13.2. The van der Waals surface area contributed by atoms with E-state index in [-0.39, 0.29) is 23.6 Å². The minimum atomic E-state index is -0.885. The Morgan fingerprint density at radius 2 is 2.00 bits per heavy atom. The summed E-state index contributed by atoms with van der Waals surface area (Å²) in [6, 6.07) is 4.26. The first kappa shape index (κ1) is 14.6. The van der Waals surface area contributed by atoms with Gasteiger partial charge in [0.15, 0.2) is 5.13 Å². The smallest absolute Gasteiger partial charge is 0.307 e. The van der Waals surface area contributed by atoms with Crippen LogP contribution in [-0.2, 0) is 9.59 Å². The van der Waals surface area contributed by atoms with Gasteiger partial charge in [-0.1, -0.05) is 11.3 Å². The summed E-state index contributed by atoms with van der Waals surface area (Å²) in [5.74, 6) is -2.34. The molecule has 2 bridgehead atoms. The monoisotopic (exact) mass is 334 g/mol. The van der Waals surface area contributed by atoms with Crippen molar-refractivity contribution in [2.24, 2.45) is 23.7 Å². The highest BCUT2D eigenvalue weighted by Gasteiger charge is 2.54. The number of carbonyl (C=O) groups excluding carboxylic acids is 1. The van der Waals surface area contributed by atoms with E-state index in [9.17, 15) is 19.1 Å². The maximum Gasteiger partial charge on any atom is 0.307 e. The van der Waals surface area contributed by atoms with Gasteiger partial charge in [-0.05, 0) is 49.3 Å². The zero-order valence-corrected chi connectivity index (χ0v) is 13.0. The molecule has 5 nitrogen and oxygen atoms in total. The molecule has 23 heavy (non-hydrogen) atoms. The summed E-state index contributed by atoms with van der Waals surface area (Å²) in [6.45, 7) is 0. The Morgan fingerprint density at radius 3 is 2.74 bits per heavy atom. The predicted molar refractivity (Wildman–Crippen MR) is 83.7 cm³/mol. The second-order valence-electron chi connectivity index (χ2n) is 6.34. The molecule has 2 fully saturated rings. The van der Waals surface area contributed by atoms with Crippen LogP contribution in [0.4, 0.5) is 9.52 Å². The number of aromatic nitrogens is 1. The van der Waals surface area contributed by atoms with Crippen LogP contribution in [0.15, 0.2) is 18.2 Å². The lowest BCUT2D eigenvalue weighted by Crippen LogP contribution is -2.37. The van der Waals surface area contributed by atoms with E-state index >= 15 is 0 Å². The lowest BCUT2D eigenvalue weighted by molar-refractivity contribution is -0.148. The van der Waals surface area contributed by atoms with Gasteiger partial charge >= 0.3 is 5.97 Å². The van der Waals surface area contributed by atoms with Crippen LogP contribution >= 0.6 is 11.3 Å². The van der Waals surface area contributed by atoms with E-state index < -0.39 is 17.8 Å². The minimum absolute atomic E-state index is 0.109. The van der Waals surface area contributed by atoms with Gasteiger partial charge in [-0.3, -0.25) is 9.59 Å². The van der Waals surface area contributed by atoms with Crippen molar-refractivity contribution in [3.05, 3.63) is 24.0 Å². The highest BCUT2D eigenvalue weighted by atomic mass is 32.1. The van der Waals surface area contributed by atoms with E-state index in [0.717, 1.165) is 19.3 Å². The number of anilines is 1. The molecule has 2 aliphatic carbocycles. The number of nitrogens with zero attached hydrogens (tertiary/aromatic N) is 1. The summed E-state index contributed by atoms with van der Waals surface area (Å²) >= 11 is 1.20. The zero-order chi connectivity index (χ0) is 16.1. The van der Waals surface area contributed by atoms with Gasteiger partial charge < -0.3 is 10.4 Å². The molecule has 1 amide bonds. The van der Waals surface area contributed by atoms with E-state index in [1.807, 2.05) is 0 Å². The predicted octanol–water partition coefficient (Wildman–Crippen LogP) is 3.12. The molecule has 0 saturated heterocycles. The molecular weight excluding hydrogens is 319 g/mol. The number of aliphatic carboxylic acids is 1. The summed E-state index contributed by atoms with van der Waals surface area (Å²) < 4.78 is 13.9. The van der Waals surface area contributed by atoms with Gasteiger partial charge in [0.05, 0.1) is 22.1 Å². The third-order valence-electron chi connectivity index (χ3n) is 5.08. The van der Waals surface area contributed by atoms with Crippen LogP contribution in [0.3, 0.4) is 0 Å². The number of benzene rings is 1. The highest BCUT2D eigenvalue weighted by Crippen LogP contribution is 2.52. The lowest BCUT2D eigenvalue weighted by atomic mass is 9.79. The van der Waals surface area contributed by atoms with Crippen molar-refractivity contribution >= 4 is 38.6 Å². The molecule has 0 aliphatic heterocycles. The number of carboxylic acids is 1. The van der Waals surface area contributed by atoms with Crippen molar-refractivity contribution in [3.63, 3.8) is 0 Å². The van der Waals surface area contributed by atoms with Crippen molar-refractivity contribution in [1.82, 2.24) is 4.98 Å². The molecule has 0 spiro atoms. The van der Waals surface area contributed by atoms with Crippen molar-refractivity contribution in [1.29, 1.82) is 0 Å². The molecule has 1 aromatic carbocycles. The quantitative estimate of drug-likeness (QED) is 0.904. The highest BCUT2D eigenvalue weighted by molar-refractivity contribution is 7.22. The van der Waals surface area contributed by atoms with Crippen molar-refractivity contribution in [2.45, 2.75) is 19.3 Å². The Kier molecular flexibility index (Phi) is 3.33. The van der Waals surface area contributed by atoms with Crippen LogP contribution in [0.25, 0.3) is 10.2 Å². The third-order valence-corrected chi connectivity index (χ3v) is 6.02. The number of fused-ring (bicyclic) bond motifs is 3. The summed E-state index contributed by atoms with van der Waals surface area (Å²) in [7, 11) is 0. The van der Waals surface area contributed by atoms with E-state index in [4.69, 9.17) is 0 Å². The molecule has 1 heterocycles. The van der Waals surface area contributed by atoms with Crippen molar-refractivity contribution in [3.8, 4) is 0 Å². The SMILES string of the molecule is O=C(O)[C@@H]1[C@H]2CC[C@@H](C2)[C@H]1C(=O)Nc1nc2ccc(F)cc2s1. The van der Waals surface area contributed by atoms with Gasteiger partial charge in [-0.2, -0.15) is 0 Å². The van der Waals surface area contributed by atoms with Gasteiger partial charge in [0.1, 0.15) is 5.82 Å². The zero-order valence-electron chi connectivity index (χ0n) is 12.2. The average molecular weight is 334 g/mol. The molecule has 2 aromatic rings. The number of nitrogens with one attached hydrogen (secondary N) is 1. The Hall–Kier alpha value is -2.02. The van der Waals surface area contributed by atoms with E-state index in [0.29, 0.717) is 15.3 Å². The van der Waals surface area contributed by atoms with Crippen molar-refractivity contribution in [2.75, 3.05) is 5.32 Å². The molecule has 120 valence electrons. The molecule has 7 heteroatoms. The number of halogens is 1. The summed E-state index contributed by atoms with van der Waals surface area (Å²) in [4.78, 5) is 28.4. The number of hydrogen-bond acceptors (Lipinski definition) is 4. The van der Waals surface area contributed by atoms with Gasteiger partial charge in [-0.15, -0.1) is 0 Å². The second-order valence-corrected chi connectivity index (χ2v) is 7.37. The van der Waals surface area contributed by atoms with E-state index in [1.165, 1.54) is 23.5 Å². The van der Waals surface area contributed by atoms with Crippen LogP contribution in [0.1, 0.15) is 19.3 Å². The molecule has 1 aromatic heterocycles. The summed E-state index contributed by atoms with van der Waals surface area (Å²) in [5.41, 5.74) is 0.620. The first-order chi connectivity index (χ1) is 11.0. The Balaban J connectivity index is 1.57. The Bertz CT molecular complexity index is 806. The van der Waals surface area contributed by atoms with Gasteiger partial charge in [-0.25, -0.2) is 9.37 Å². The van der Waals surface area contributed by atoms with Gasteiger partial charge in [0.2, 0.25) is 5.91 Å². The molecule has 4 rings (SSSR count). The second kappa shape index (κ2) is 5.26. The summed E-state index contributed by atoms with van der Waals surface area (Å²) in [5, 5.41) is 12.6. The third kappa shape index (κ3) is 2.39. The fourth-order valence-electron chi connectivity index (χ4n) is 4.16. The van der Waals surface area contributed by atoms with E-state index in [1.54, 1.807) is 6.07 Å². The van der Waals surface area contributed by atoms with Gasteiger partial charge in [0, 0.05) is 0 Å². The molecule has 0 unspecified atom stereocenters.